The van der Waals surface area contributed by atoms with Gasteiger partial charge in [0.25, 0.3) is 0 Å². The number of fused-ring (bicyclic) bond motifs is 3. The number of hydrogen-bond acceptors (Lipinski definition) is 0. The molecule has 0 aliphatic rings. The van der Waals surface area contributed by atoms with Crippen molar-refractivity contribution in [1.82, 2.24) is 0 Å². The number of benzene rings is 7. The summed E-state index contributed by atoms with van der Waals surface area (Å²) in [4.78, 5) is 0. The molecule has 0 saturated carbocycles. The number of hydrogen-bond donors (Lipinski definition) is 0. The average Bonchev–Trinajstić information content (AvgIpc) is 3.02. The van der Waals surface area contributed by atoms with Crippen molar-refractivity contribution in [3.8, 4) is 33.4 Å². The standard InChI is InChI=1S/C42H40Si2/c1-43(2,3)33-25-32(26-34(28-33)44(4,5)6)35-22-14-17-29-23-24-31(27-40(29)35)42-38-20-12-10-18-36(38)41(30-15-8-7-9-16-30)37-19-11-13-21-39(37)42/h7-28H,1-6H3. The first-order chi connectivity index (χ1) is 21.1. The highest BCUT2D eigenvalue weighted by Gasteiger charge is 2.24. The van der Waals surface area contributed by atoms with Crippen molar-refractivity contribution in [2.24, 2.45) is 0 Å². The molecule has 0 bridgehead atoms. The molecule has 0 amide bonds. The fraction of sp³-hybridized carbons (Fsp3) is 0.143. The molecule has 0 aliphatic heterocycles. The molecule has 44 heavy (non-hydrogen) atoms. The predicted octanol–water partition coefficient (Wildman–Crippen LogP) is 11.2. The third-order valence-electron chi connectivity index (χ3n) is 9.14. The summed E-state index contributed by atoms with van der Waals surface area (Å²) in [6.45, 7) is 14.8. The zero-order chi connectivity index (χ0) is 30.6. The van der Waals surface area contributed by atoms with E-state index in [0.29, 0.717) is 0 Å². The van der Waals surface area contributed by atoms with Crippen LogP contribution >= 0.6 is 0 Å². The minimum absolute atomic E-state index is 1.26. The minimum Gasteiger partial charge on any atom is -0.0656 e. The van der Waals surface area contributed by atoms with Crippen molar-refractivity contribution >= 4 is 58.8 Å². The Morgan fingerprint density at radius 2 is 0.841 bits per heavy atom. The highest BCUT2D eigenvalue weighted by molar-refractivity contribution is 6.91. The van der Waals surface area contributed by atoms with Crippen LogP contribution in [0.5, 0.6) is 0 Å². The van der Waals surface area contributed by atoms with E-state index >= 15 is 0 Å². The fourth-order valence-corrected chi connectivity index (χ4v) is 9.18. The monoisotopic (exact) mass is 600 g/mol. The van der Waals surface area contributed by atoms with Crippen LogP contribution in [0.1, 0.15) is 0 Å². The van der Waals surface area contributed by atoms with Crippen LogP contribution in [0, 0.1) is 0 Å². The van der Waals surface area contributed by atoms with Crippen LogP contribution in [-0.2, 0) is 0 Å². The van der Waals surface area contributed by atoms with E-state index < -0.39 is 16.1 Å². The highest BCUT2D eigenvalue weighted by atomic mass is 28.3. The Balaban J connectivity index is 1.53. The first-order valence-corrected chi connectivity index (χ1v) is 22.8. The zero-order valence-electron chi connectivity index (χ0n) is 26.7. The first kappa shape index (κ1) is 28.5. The molecule has 0 spiro atoms. The van der Waals surface area contributed by atoms with E-state index in [1.54, 1.807) is 10.4 Å². The molecular weight excluding hydrogens is 561 g/mol. The maximum Gasteiger partial charge on any atom is 0.0776 e. The second-order valence-corrected chi connectivity index (χ2v) is 24.4. The lowest BCUT2D eigenvalue weighted by molar-refractivity contribution is 1.63. The molecule has 0 atom stereocenters. The highest BCUT2D eigenvalue weighted by Crippen LogP contribution is 2.44. The summed E-state index contributed by atoms with van der Waals surface area (Å²) in [6.07, 6.45) is 0. The van der Waals surface area contributed by atoms with E-state index in [0.717, 1.165) is 0 Å². The zero-order valence-corrected chi connectivity index (χ0v) is 28.7. The quantitative estimate of drug-likeness (QED) is 0.136. The molecule has 216 valence electrons. The van der Waals surface area contributed by atoms with Crippen LogP contribution < -0.4 is 10.4 Å². The van der Waals surface area contributed by atoms with Crippen molar-refractivity contribution in [3.05, 3.63) is 133 Å². The summed E-state index contributed by atoms with van der Waals surface area (Å²) in [5.41, 5.74) is 7.84. The van der Waals surface area contributed by atoms with Gasteiger partial charge in [0.05, 0.1) is 16.1 Å². The van der Waals surface area contributed by atoms with E-state index in [9.17, 15) is 0 Å². The lowest BCUT2D eigenvalue weighted by Gasteiger charge is -2.24. The van der Waals surface area contributed by atoms with Gasteiger partial charge >= 0.3 is 0 Å². The molecular formula is C42H40Si2. The van der Waals surface area contributed by atoms with Crippen molar-refractivity contribution in [1.29, 1.82) is 0 Å². The second-order valence-electron chi connectivity index (χ2n) is 14.2. The van der Waals surface area contributed by atoms with Crippen LogP contribution in [0.4, 0.5) is 0 Å². The molecule has 7 aromatic carbocycles. The van der Waals surface area contributed by atoms with Gasteiger partial charge in [-0.3, -0.25) is 0 Å². The second kappa shape index (κ2) is 10.7. The van der Waals surface area contributed by atoms with Crippen molar-refractivity contribution in [2.45, 2.75) is 39.3 Å². The van der Waals surface area contributed by atoms with Gasteiger partial charge in [-0.2, -0.15) is 0 Å². The molecule has 2 heteroatoms. The Morgan fingerprint density at radius 1 is 0.341 bits per heavy atom. The molecule has 0 saturated heterocycles. The third-order valence-corrected chi connectivity index (χ3v) is 13.2. The van der Waals surface area contributed by atoms with E-state index in [1.807, 2.05) is 0 Å². The Hall–Kier alpha value is -4.25. The smallest absolute Gasteiger partial charge is 0.0656 e. The Kier molecular flexibility index (Phi) is 6.95. The summed E-state index contributed by atoms with van der Waals surface area (Å²) < 4.78 is 0. The lowest BCUT2D eigenvalue weighted by atomic mass is 9.85. The van der Waals surface area contributed by atoms with Gasteiger partial charge in [-0.25, -0.2) is 0 Å². The molecule has 0 nitrogen and oxygen atoms in total. The Morgan fingerprint density at radius 3 is 1.36 bits per heavy atom. The molecule has 7 rings (SSSR count). The first-order valence-electron chi connectivity index (χ1n) is 15.8. The summed E-state index contributed by atoms with van der Waals surface area (Å²) >= 11 is 0. The van der Waals surface area contributed by atoms with Gasteiger partial charge in [0.15, 0.2) is 0 Å². The van der Waals surface area contributed by atoms with Gasteiger partial charge in [0, 0.05) is 0 Å². The maximum absolute atomic E-state index is 2.53. The minimum atomic E-state index is -1.51. The molecule has 0 fully saturated rings. The van der Waals surface area contributed by atoms with Gasteiger partial charge in [0.2, 0.25) is 0 Å². The van der Waals surface area contributed by atoms with Crippen LogP contribution in [0.2, 0.25) is 39.3 Å². The maximum atomic E-state index is 2.53. The summed E-state index contributed by atoms with van der Waals surface area (Å²) in [6, 6.07) is 50.2. The van der Waals surface area contributed by atoms with Crippen molar-refractivity contribution in [2.75, 3.05) is 0 Å². The lowest BCUT2D eigenvalue weighted by Crippen LogP contribution is -2.45. The van der Waals surface area contributed by atoms with E-state index in [1.165, 1.54) is 65.7 Å². The Bertz CT molecular complexity index is 2090. The molecule has 0 N–H and O–H groups in total. The van der Waals surface area contributed by atoms with E-state index in [-0.39, 0.29) is 0 Å². The average molecular weight is 601 g/mol. The molecule has 0 aliphatic carbocycles. The largest absolute Gasteiger partial charge is 0.0776 e. The Labute approximate surface area is 264 Å². The van der Waals surface area contributed by atoms with Gasteiger partial charge in [-0.1, -0.05) is 177 Å². The fourth-order valence-electron chi connectivity index (χ4n) is 6.68. The van der Waals surface area contributed by atoms with Crippen LogP contribution in [0.25, 0.3) is 65.7 Å². The number of rotatable bonds is 5. The van der Waals surface area contributed by atoms with Crippen molar-refractivity contribution < 1.29 is 0 Å². The van der Waals surface area contributed by atoms with Gasteiger partial charge in [0.1, 0.15) is 0 Å². The van der Waals surface area contributed by atoms with Crippen LogP contribution in [0.15, 0.2) is 133 Å². The van der Waals surface area contributed by atoms with Gasteiger partial charge in [-0.15, -0.1) is 0 Å². The van der Waals surface area contributed by atoms with Gasteiger partial charge < -0.3 is 0 Å². The van der Waals surface area contributed by atoms with E-state index in [4.69, 9.17) is 0 Å². The molecule has 0 heterocycles. The molecule has 0 unspecified atom stereocenters. The molecule has 0 aromatic heterocycles. The molecule has 7 aromatic rings. The SMILES string of the molecule is C[Si](C)(C)c1cc(-c2cccc3ccc(-c4c5ccccc5c(-c5ccccc5)c5ccccc45)cc23)cc([Si](C)(C)C)c1. The van der Waals surface area contributed by atoms with Crippen LogP contribution in [0.3, 0.4) is 0 Å². The third kappa shape index (κ3) is 5.02. The van der Waals surface area contributed by atoms with Crippen LogP contribution in [-0.4, -0.2) is 16.1 Å². The van der Waals surface area contributed by atoms with E-state index in [2.05, 4.69) is 173 Å². The van der Waals surface area contributed by atoms with Gasteiger partial charge in [-0.05, 0) is 71.8 Å². The normalized spacial score (nSPS) is 12.3. The predicted molar refractivity (Wildman–Crippen MR) is 201 cm³/mol. The summed E-state index contributed by atoms with van der Waals surface area (Å²) in [5.74, 6) is 0. The summed E-state index contributed by atoms with van der Waals surface area (Å²) in [7, 11) is -3.02. The van der Waals surface area contributed by atoms with Crippen molar-refractivity contribution in [3.63, 3.8) is 0 Å². The molecule has 0 radical (unpaired) electrons. The topological polar surface area (TPSA) is 0 Å². The summed E-state index contributed by atoms with van der Waals surface area (Å²) in [5, 5.41) is 10.9.